The van der Waals surface area contributed by atoms with Crippen LogP contribution in [0, 0.1) is 0 Å². The Morgan fingerprint density at radius 2 is 2.19 bits per heavy atom. The number of carbonyl (C=O) groups excluding carboxylic acids is 2. The Labute approximate surface area is 187 Å². The largest absolute Gasteiger partial charge is 0.462 e. The van der Waals surface area contributed by atoms with Crippen LogP contribution in [0.4, 0.5) is 5.00 Å². The van der Waals surface area contributed by atoms with Crippen LogP contribution in [0.25, 0.3) is 11.4 Å². The molecule has 0 aliphatic carbocycles. The van der Waals surface area contributed by atoms with Gasteiger partial charge in [-0.15, -0.1) is 11.3 Å². The highest BCUT2D eigenvalue weighted by molar-refractivity contribution is 7.90. The zero-order valence-corrected chi connectivity index (χ0v) is 18.8. The highest BCUT2D eigenvalue weighted by Crippen LogP contribution is 2.38. The van der Waals surface area contributed by atoms with Crippen molar-refractivity contribution in [1.82, 2.24) is 15.1 Å². The quantitative estimate of drug-likeness (QED) is 0.509. The van der Waals surface area contributed by atoms with Crippen molar-refractivity contribution >= 4 is 38.1 Å². The zero-order valence-electron chi connectivity index (χ0n) is 17.2. The number of nitrogens with zero attached hydrogens (tertiary/aromatic N) is 3. The van der Waals surface area contributed by atoms with Crippen LogP contribution < -0.4 is 5.32 Å². The van der Waals surface area contributed by atoms with Gasteiger partial charge in [0.2, 0.25) is 17.6 Å². The van der Waals surface area contributed by atoms with Crippen molar-refractivity contribution in [3.05, 3.63) is 46.4 Å². The van der Waals surface area contributed by atoms with E-state index in [-0.39, 0.29) is 48.8 Å². The number of aryl methyl sites for hydroxylation is 1. The molecule has 4 heterocycles. The first-order chi connectivity index (χ1) is 15.4. The predicted octanol–water partition coefficient (Wildman–Crippen LogP) is 2.41. The second-order valence-corrected chi connectivity index (χ2v) is 10.4. The number of pyridine rings is 1. The molecule has 1 N–H and O–H groups in total. The highest BCUT2D eigenvalue weighted by atomic mass is 32.2. The molecule has 12 heteroatoms. The van der Waals surface area contributed by atoms with E-state index in [0.29, 0.717) is 32.7 Å². The van der Waals surface area contributed by atoms with Crippen LogP contribution in [0.2, 0.25) is 0 Å². The number of carbonyl (C=O) groups is 2. The van der Waals surface area contributed by atoms with E-state index in [9.17, 15) is 18.0 Å². The third-order valence-electron chi connectivity index (χ3n) is 4.79. The molecule has 0 bridgehead atoms. The number of sulfone groups is 1. The van der Waals surface area contributed by atoms with Gasteiger partial charge in [-0.2, -0.15) is 4.98 Å². The molecule has 4 rings (SSSR count). The Morgan fingerprint density at radius 1 is 1.34 bits per heavy atom. The van der Waals surface area contributed by atoms with Crippen molar-refractivity contribution in [2.45, 2.75) is 31.9 Å². The van der Waals surface area contributed by atoms with Crippen LogP contribution in [-0.4, -0.2) is 47.8 Å². The van der Waals surface area contributed by atoms with Crippen molar-refractivity contribution < 1.29 is 27.3 Å². The van der Waals surface area contributed by atoms with Gasteiger partial charge in [0, 0.05) is 35.7 Å². The number of hydrogen-bond acceptors (Lipinski definition) is 10. The highest BCUT2D eigenvalue weighted by Gasteiger charge is 2.32. The van der Waals surface area contributed by atoms with Crippen molar-refractivity contribution in [1.29, 1.82) is 0 Å². The molecule has 0 saturated heterocycles. The number of esters is 1. The summed E-state index contributed by atoms with van der Waals surface area (Å²) in [5.74, 6) is -0.441. The van der Waals surface area contributed by atoms with Gasteiger partial charge in [0.15, 0.2) is 9.84 Å². The lowest BCUT2D eigenvalue weighted by Crippen LogP contribution is -2.20. The Bertz CT molecular complexity index is 1250. The maximum Gasteiger partial charge on any atom is 0.341 e. The van der Waals surface area contributed by atoms with Gasteiger partial charge < -0.3 is 14.6 Å². The first-order valence-electron chi connectivity index (χ1n) is 9.91. The fourth-order valence-corrected chi connectivity index (χ4v) is 6.36. The number of thiophene rings is 1. The Kier molecular flexibility index (Phi) is 6.33. The van der Waals surface area contributed by atoms with E-state index in [4.69, 9.17) is 9.26 Å². The van der Waals surface area contributed by atoms with Gasteiger partial charge in [0.25, 0.3) is 0 Å². The minimum absolute atomic E-state index is 0.0348. The number of nitrogens with one attached hydrogen (secondary N) is 1. The van der Waals surface area contributed by atoms with E-state index < -0.39 is 15.8 Å². The molecular weight excluding hydrogens is 456 g/mol. The molecule has 0 fully saturated rings. The van der Waals surface area contributed by atoms with Gasteiger partial charge in [-0.25, -0.2) is 13.2 Å². The number of aromatic nitrogens is 3. The molecule has 0 aromatic carbocycles. The number of amides is 1. The zero-order chi connectivity index (χ0) is 22.7. The van der Waals surface area contributed by atoms with Gasteiger partial charge in [-0.3, -0.25) is 9.78 Å². The molecule has 0 atom stereocenters. The van der Waals surface area contributed by atoms with E-state index >= 15 is 0 Å². The lowest BCUT2D eigenvalue weighted by Gasteiger charge is -2.13. The molecule has 0 radical (unpaired) electrons. The first-order valence-corrected chi connectivity index (χ1v) is 12.5. The molecule has 0 spiro atoms. The fraction of sp³-hybridized carbons (Fsp3) is 0.350. The molecule has 1 aliphatic rings. The first kappa shape index (κ1) is 22.1. The molecule has 1 aliphatic heterocycles. The Hall–Kier alpha value is -3.12. The minimum Gasteiger partial charge on any atom is -0.462 e. The standard InChI is InChI=1S/C20H20N4O6S2/c1-2-29-20(26)17-13-7-9-32(27,28)11-14(13)31-19(17)22-15(25)5-6-16-23-18(24-30-16)12-4-3-8-21-10-12/h3-4,8,10H,2,5-7,9,11H2,1H3,(H,22,25). The summed E-state index contributed by atoms with van der Waals surface area (Å²) in [5.41, 5.74) is 1.58. The monoisotopic (exact) mass is 476 g/mol. The molecule has 1 amide bonds. The topological polar surface area (TPSA) is 141 Å². The summed E-state index contributed by atoms with van der Waals surface area (Å²) in [7, 11) is -3.22. The summed E-state index contributed by atoms with van der Waals surface area (Å²) in [6.07, 6.45) is 3.70. The molecule has 3 aromatic heterocycles. The van der Waals surface area contributed by atoms with Crippen molar-refractivity contribution in [3.63, 3.8) is 0 Å². The number of fused-ring (bicyclic) bond motifs is 1. The van der Waals surface area contributed by atoms with E-state index in [0.717, 1.165) is 11.3 Å². The number of ether oxygens (including phenoxy) is 1. The van der Waals surface area contributed by atoms with E-state index in [1.165, 1.54) is 0 Å². The van der Waals surface area contributed by atoms with Gasteiger partial charge in [-0.1, -0.05) is 5.16 Å². The second kappa shape index (κ2) is 9.17. The Balaban J connectivity index is 1.47. The summed E-state index contributed by atoms with van der Waals surface area (Å²) in [6, 6.07) is 3.55. The third kappa shape index (κ3) is 4.86. The minimum atomic E-state index is -3.22. The van der Waals surface area contributed by atoms with Gasteiger partial charge in [0.1, 0.15) is 5.00 Å². The predicted molar refractivity (Wildman–Crippen MR) is 116 cm³/mol. The lowest BCUT2D eigenvalue weighted by atomic mass is 10.1. The van der Waals surface area contributed by atoms with E-state index in [1.807, 2.05) is 0 Å². The van der Waals surface area contributed by atoms with Crippen LogP contribution in [0.15, 0.2) is 29.0 Å². The normalized spacial score (nSPS) is 14.5. The van der Waals surface area contributed by atoms with Crippen LogP contribution >= 0.6 is 11.3 Å². The molecular formula is C20H20N4O6S2. The second-order valence-electron chi connectivity index (χ2n) is 7.07. The SMILES string of the molecule is CCOC(=O)c1c(NC(=O)CCc2nc(-c3cccnc3)no2)sc2c1CCS(=O)(=O)C2. The average Bonchev–Trinajstić information content (AvgIpc) is 3.36. The summed E-state index contributed by atoms with van der Waals surface area (Å²) < 4.78 is 34.3. The van der Waals surface area contributed by atoms with Crippen molar-refractivity contribution in [3.8, 4) is 11.4 Å². The molecule has 168 valence electrons. The third-order valence-corrected chi connectivity index (χ3v) is 7.68. The molecule has 10 nitrogen and oxygen atoms in total. The molecule has 0 saturated carbocycles. The Morgan fingerprint density at radius 3 is 2.94 bits per heavy atom. The number of hydrogen-bond donors (Lipinski definition) is 1. The maximum atomic E-state index is 12.6. The van der Waals surface area contributed by atoms with Gasteiger partial charge in [0.05, 0.1) is 23.7 Å². The van der Waals surface area contributed by atoms with E-state index in [1.54, 1.807) is 31.5 Å². The number of rotatable bonds is 7. The summed E-state index contributed by atoms with van der Waals surface area (Å²) in [6.45, 7) is 1.86. The maximum absolute atomic E-state index is 12.6. The van der Waals surface area contributed by atoms with Crippen LogP contribution in [0.1, 0.15) is 40.0 Å². The van der Waals surface area contributed by atoms with Gasteiger partial charge in [-0.05, 0) is 31.0 Å². The summed E-state index contributed by atoms with van der Waals surface area (Å²) in [4.78, 5) is 33.9. The van der Waals surface area contributed by atoms with Crippen molar-refractivity contribution in [2.75, 3.05) is 17.7 Å². The van der Waals surface area contributed by atoms with Crippen LogP contribution in [0.5, 0.6) is 0 Å². The summed E-state index contributed by atoms with van der Waals surface area (Å²) >= 11 is 1.10. The number of anilines is 1. The summed E-state index contributed by atoms with van der Waals surface area (Å²) in [5, 5.41) is 6.92. The molecule has 0 unspecified atom stereocenters. The fourth-order valence-electron chi connectivity index (χ4n) is 3.31. The van der Waals surface area contributed by atoms with Gasteiger partial charge >= 0.3 is 5.97 Å². The van der Waals surface area contributed by atoms with Crippen molar-refractivity contribution in [2.24, 2.45) is 0 Å². The molecule has 32 heavy (non-hydrogen) atoms. The van der Waals surface area contributed by atoms with E-state index in [2.05, 4.69) is 20.4 Å². The lowest BCUT2D eigenvalue weighted by molar-refractivity contribution is -0.116. The van der Waals surface area contributed by atoms with Crippen LogP contribution in [0.3, 0.4) is 0 Å². The smallest absolute Gasteiger partial charge is 0.341 e. The average molecular weight is 477 g/mol. The molecule has 3 aromatic rings. The van der Waals surface area contributed by atoms with Crippen LogP contribution in [-0.2, 0) is 38.0 Å².